The number of urea groups is 1. The molecule has 0 bridgehead atoms. The van der Waals surface area contributed by atoms with E-state index in [1.807, 2.05) is 20.8 Å². The maximum absolute atomic E-state index is 11.7. The van der Waals surface area contributed by atoms with Crippen LogP contribution in [0.5, 0.6) is 0 Å². The molecule has 2 heterocycles. The summed E-state index contributed by atoms with van der Waals surface area (Å²) in [6.45, 7) is 6.03. The van der Waals surface area contributed by atoms with Crippen LogP contribution in [0.25, 0.3) is 0 Å². The van der Waals surface area contributed by atoms with Crippen LogP contribution >= 0.6 is 11.5 Å². The number of hydrogen-bond acceptors (Lipinski definition) is 5. The fraction of sp³-hybridized carbons (Fsp3) is 0.417. The highest BCUT2D eigenvalue weighted by atomic mass is 32.1. The predicted octanol–water partition coefficient (Wildman–Crippen LogP) is 2.63. The van der Waals surface area contributed by atoms with Crippen LogP contribution in [-0.2, 0) is 13.0 Å². The molecule has 2 amide bonds. The molecule has 6 nitrogen and oxygen atoms in total. The lowest BCUT2D eigenvalue weighted by Crippen LogP contribution is -2.28. The van der Waals surface area contributed by atoms with Crippen LogP contribution in [0.2, 0.25) is 0 Å². The van der Waals surface area contributed by atoms with Gasteiger partial charge in [0.1, 0.15) is 5.76 Å². The van der Waals surface area contributed by atoms with Crippen LogP contribution in [0.3, 0.4) is 0 Å². The first-order valence-corrected chi connectivity index (χ1v) is 6.78. The summed E-state index contributed by atoms with van der Waals surface area (Å²) >= 11 is 1.37. The highest BCUT2D eigenvalue weighted by Gasteiger charge is 2.11. The maximum atomic E-state index is 11.7. The topological polar surface area (TPSA) is 80.0 Å². The van der Waals surface area contributed by atoms with Gasteiger partial charge in [-0.05, 0) is 25.4 Å². The largest absolute Gasteiger partial charge is 0.444 e. The van der Waals surface area contributed by atoms with Crippen molar-refractivity contribution in [3.05, 3.63) is 28.4 Å². The van der Waals surface area contributed by atoms with Crippen molar-refractivity contribution in [3.63, 3.8) is 0 Å². The number of nitrogens with one attached hydrogen (secondary N) is 2. The second kappa shape index (κ2) is 5.83. The molecule has 19 heavy (non-hydrogen) atoms. The molecular formula is C12H16N4O2S. The van der Waals surface area contributed by atoms with Crippen LogP contribution in [0.4, 0.5) is 10.5 Å². The van der Waals surface area contributed by atoms with Gasteiger partial charge in [-0.2, -0.15) is 4.37 Å². The van der Waals surface area contributed by atoms with Gasteiger partial charge >= 0.3 is 6.03 Å². The SMILES string of the molecule is CCc1cnc(CNC(=O)Nc2c(C)nsc2C)o1. The Labute approximate surface area is 115 Å². The van der Waals surface area contributed by atoms with Gasteiger partial charge in [0, 0.05) is 11.3 Å². The summed E-state index contributed by atoms with van der Waals surface area (Å²) in [4.78, 5) is 16.8. The summed E-state index contributed by atoms with van der Waals surface area (Å²) in [5.41, 5.74) is 1.59. The molecule has 0 saturated carbocycles. The van der Waals surface area contributed by atoms with Crippen molar-refractivity contribution in [2.24, 2.45) is 0 Å². The lowest BCUT2D eigenvalue weighted by molar-refractivity contribution is 0.250. The Morgan fingerprint density at radius 3 is 2.84 bits per heavy atom. The molecule has 7 heteroatoms. The Balaban J connectivity index is 1.88. The van der Waals surface area contributed by atoms with Crippen LogP contribution in [-0.4, -0.2) is 15.4 Å². The van der Waals surface area contributed by atoms with Crippen molar-refractivity contribution in [2.75, 3.05) is 5.32 Å². The van der Waals surface area contributed by atoms with E-state index in [0.717, 1.165) is 28.4 Å². The van der Waals surface area contributed by atoms with Gasteiger partial charge in [-0.25, -0.2) is 9.78 Å². The number of hydrogen-bond donors (Lipinski definition) is 2. The Bertz CT molecular complexity index is 557. The van der Waals surface area contributed by atoms with Gasteiger partial charge in [0.25, 0.3) is 0 Å². The third kappa shape index (κ3) is 3.31. The molecule has 0 fully saturated rings. The van der Waals surface area contributed by atoms with Crippen molar-refractivity contribution in [3.8, 4) is 0 Å². The van der Waals surface area contributed by atoms with E-state index >= 15 is 0 Å². The molecule has 2 rings (SSSR count). The normalized spacial score (nSPS) is 10.5. The first-order chi connectivity index (χ1) is 9.10. The van der Waals surface area contributed by atoms with Crippen molar-refractivity contribution in [2.45, 2.75) is 33.7 Å². The molecule has 0 spiro atoms. The van der Waals surface area contributed by atoms with E-state index in [2.05, 4.69) is 20.0 Å². The summed E-state index contributed by atoms with van der Waals surface area (Å²) in [5, 5.41) is 5.48. The van der Waals surface area contributed by atoms with Crippen LogP contribution in [0, 0.1) is 13.8 Å². The van der Waals surface area contributed by atoms with Gasteiger partial charge in [-0.1, -0.05) is 6.92 Å². The number of nitrogens with zero attached hydrogens (tertiary/aromatic N) is 2. The van der Waals surface area contributed by atoms with Crippen molar-refractivity contribution < 1.29 is 9.21 Å². The molecule has 2 aromatic rings. The number of anilines is 1. The maximum Gasteiger partial charge on any atom is 0.319 e. The number of amides is 2. The standard InChI is InChI=1S/C12H16N4O2S/c1-4-9-5-13-10(18-9)6-14-12(17)15-11-7(2)16-19-8(11)3/h5H,4,6H2,1-3H3,(H2,14,15,17). The Hall–Kier alpha value is -1.89. The lowest BCUT2D eigenvalue weighted by Gasteiger charge is -2.06. The van der Waals surface area contributed by atoms with Crippen molar-refractivity contribution in [1.82, 2.24) is 14.7 Å². The highest BCUT2D eigenvalue weighted by Crippen LogP contribution is 2.22. The quantitative estimate of drug-likeness (QED) is 0.902. The lowest BCUT2D eigenvalue weighted by atomic mass is 10.3. The monoisotopic (exact) mass is 280 g/mol. The molecule has 0 aliphatic rings. The second-order valence-corrected chi connectivity index (χ2v) is 5.06. The molecule has 0 saturated heterocycles. The van der Waals surface area contributed by atoms with Crippen LogP contribution < -0.4 is 10.6 Å². The predicted molar refractivity (Wildman–Crippen MR) is 73.3 cm³/mol. The van der Waals surface area contributed by atoms with E-state index in [9.17, 15) is 4.79 Å². The second-order valence-electron chi connectivity index (χ2n) is 4.08. The van der Waals surface area contributed by atoms with Gasteiger partial charge < -0.3 is 15.1 Å². The fourth-order valence-corrected chi connectivity index (χ4v) is 2.22. The first-order valence-electron chi connectivity index (χ1n) is 6.01. The number of carbonyl (C=O) groups is 1. The fourth-order valence-electron chi connectivity index (χ4n) is 1.57. The van der Waals surface area contributed by atoms with Gasteiger partial charge in [0.05, 0.1) is 24.1 Å². The minimum absolute atomic E-state index is 0.265. The Kier molecular flexibility index (Phi) is 4.16. The van der Waals surface area contributed by atoms with E-state index in [1.54, 1.807) is 6.20 Å². The van der Waals surface area contributed by atoms with E-state index < -0.39 is 0 Å². The summed E-state index contributed by atoms with van der Waals surface area (Å²) < 4.78 is 9.57. The Morgan fingerprint density at radius 1 is 1.47 bits per heavy atom. The number of oxazole rings is 1. The average molecular weight is 280 g/mol. The van der Waals surface area contributed by atoms with Crippen molar-refractivity contribution >= 4 is 23.3 Å². The molecule has 2 N–H and O–H groups in total. The zero-order valence-corrected chi connectivity index (χ0v) is 11.9. The molecule has 2 aromatic heterocycles. The molecular weight excluding hydrogens is 264 g/mol. The molecule has 0 radical (unpaired) electrons. The van der Waals surface area contributed by atoms with E-state index in [-0.39, 0.29) is 12.6 Å². The minimum atomic E-state index is -0.289. The molecule has 0 unspecified atom stereocenters. The summed E-state index contributed by atoms with van der Waals surface area (Å²) in [5.74, 6) is 1.31. The highest BCUT2D eigenvalue weighted by molar-refractivity contribution is 7.06. The molecule has 102 valence electrons. The van der Waals surface area contributed by atoms with E-state index in [4.69, 9.17) is 4.42 Å². The van der Waals surface area contributed by atoms with Gasteiger partial charge in [-0.15, -0.1) is 0 Å². The van der Waals surface area contributed by atoms with E-state index in [0.29, 0.717) is 5.89 Å². The number of aromatic nitrogens is 2. The molecule has 0 atom stereocenters. The number of rotatable bonds is 4. The molecule has 0 aliphatic carbocycles. The third-order valence-electron chi connectivity index (χ3n) is 2.62. The number of aryl methyl sites for hydroxylation is 3. The minimum Gasteiger partial charge on any atom is -0.444 e. The van der Waals surface area contributed by atoms with Gasteiger partial charge in [0.2, 0.25) is 5.89 Å². The van der Waals surface area contributed by atoms with Gasteiger partial charge in [0.15, 0.2) is 0 Å². The zero-order chi connectivity index (χ0) is 13.8. The third-order valence-corrected chi connectivity index (χ3v) is 3.47. The molecule has 0 aliphatic heterocycles. The number of carbonyl (C=O) groups excluding carboxylic acids is 1. The van der Waals surface area contributed by atoms with Crippen LogP contribution in [0.15, 0.2) is 10.6 Å². The Morgan fingerprint density at radius 2 is 2.26 bits per heavy atom. The smallest absolute Gasteiger partial charge is 0.319 e. The summed E-state index contributed by atoms with van der Waals surface area (Å²) in [7, 11) is 0. The van der Waals surface area contributed by atoms with Crippen LogP contribution in [0.1, 0.15) is 29.1 Å². The molecule has 0 aromatic carbocycles. The average Bonchev–Trinajstić information content (AvgIpc) is 2.98. The van der Waals surface area contributed by atoms with E-state index in [1.165, 1.54) is 11.5 Å². The zero-order valence-electron chi connectivity index (χ0n) is 11.1. The van der Waals surface area contributed by atoms with Gasteiger partial charge in [-0.3, -0.25) is 0 Å². The summed E-state index contributed by atoms with van der Waals surface area (Å²) in [6.07, 6.45) is 2.46. The van der Waals surface area contributed by atoms with Crippen molar-refractivity contribution in [1.29, 1.82) is 0 Å². The summed E-state index contributed by atoms with van der Waals surface area (Å²) in [6, 6.07) is -0.289. The first kappa shape index (κ1) is 13.5.